The van der Waals surface area contributed by atoms with Gasteiger partial charge in [0, 0.05) is 62.0 Å². The lowest BCUT2D eigenvalue weighted by Gasteiger charge is -2.25. The average molecular weight is 526 g/mol. The number of rotatable bonds is 18. The van der Waals surface area contributed by atoms with E-state index in [-0.39, 0.29) is 12.1 Å². The lowest BCUT2D eigenvalue weighted by atomic mass is 9.94. The van der Waals surface area contributed by atoms with Crippen molar-refractivity contribution >= 4 is 11.3 Å². The summed E-state index contributed by atoms with van der Waals surface area (Å²) in [5.74, 6) is 0. The summed E-state index contributed by atoms with van der Waals surface area (Å²) in [6.45, 7) is 11.0. The van der Waals surface area contributed by atoms with E-state index in [2.05, 4.69) is 39.7 Å². The fourth-order valence-corrected chi connectivity index (χ4v) is 4.18. The Morgan fingerprint density at radius 3 is 2.73 bits per heavy atom. The van der Waals surface area contributed by atoms with Gasteiger partial charge in [0.2, 0.25) is 0 Å². The van der Waals surface area contributed by atoms with Crippen LogP contribution in [-0.2, 0) is 16.0 Å². The first kappa shape index (κ1) is 31.0. The molecular formula is C27H45F2N5O3. The molecule has 1 aromatic rings. The molecule has 1 aliphatic rings. The van der Waals surface area contributed by atoms with Gasteiger partial charge in [-0.2, -0.15) is 0 Å². The highest BCUT2D eigenvalue weighted by Crippen LogP contribution is 2.33. The van der Waals surface area contributed by atoms with Gasteiger partial charge in [0.05, 0.1) is 6.67 Å². The van der Waals surface area contributed by atoms with Crippen LogP contribution >= 0.6 is 0 Å². The molecule has 8 nitrogen and oxygen atoms in total. The molecule has 7 N–H and O–H groups in total. The molecule has 1 aliphatic heterocycles. The number of aryl methyl sites for hydroxylation is 1. The van der Waals surface area contributed by atoms with Gasteiger partial charge in [0.1, 0.15) is 6.10 Å². The van der Waals surface area contributed by atoms with Gasteiger partial charge in [-0.05, 0) is 67.9 Å². The molecule has 10 heteroatoms. The molecule has 1 unspecified atom stereocenters. The topological polar surface area (TPSA) is 113 Å². The van der Waals surface area contributed by atoms with E-state index in [1.54, 1.807) is 19.2 Å². The lowest BCUT2D eigenvalue weighted by Crippen LogP contribution is -2.35. The summed E-state index contributed by atoms with van der Waals surface area (Å²) in [7, 11) is 0. The number of hydrogen-bond donors (Lipinski definition) is 6. The first-order chi connectivity index (χ1) is 17.9. The molecular weight excluding hydrogens is 480 g/mol. The van der Waals surface area contributed by atoms with Crippen molar-refractivity contribution in [2.24, 2.45) is 5.73 Å². The molecule has 0 radical (unpaired) electrons. The first-order valence-electron chi connectivity index (χ1n) is 13.2. The Hall–Kier alpha value is -2.24. The molecule has 1 fully saturated rings. The average Bonchev–Trinajstić information content (AvgIpc) is 2.90. The minimum atomic E-state index is -2.65. The van der Waals surface area contributed by atoms with Crippen LogP contribution in [0.3, 0.4) is 0 Å². The van der Waals surface area contributed by atoms with Crippen LogP contribution in [0.1, 0.15) is 69.1 Å². The van der Waals surface area contributed by atoms with Crippen LogP contribution in [0.2, 0.25) is 0 Å². The third-order valence-electron chi connectivity index (χ3n) is 6.37. The minimum Gasteiger partial charge on any atom is -0.388 e. The van der Waals surface area contributed by atoms with Crippen molar-refractivity contribution in [3.8, 4) is 0 Å². The van der Waals surface area contributed by atoms with E-state index < -0.39 is 12.5 Å². The molecule has 1 atom stereocenters. The van der Waals surface area contributed by atoms with Crippen LogP contribution in [0, 0.1) is 0 Å². The molecule has 2 rings (SSSR count). The third kappa shape index (κ3) is 11.0. The van der Waals surface area contributed by atoms with Gasteiger partial charge < -0.3 is 26.4 Å². The second-order valence-corrected chi connectivity index (χ2v) is 9.44. The molecule has 0 saturated carbocycles. The Kier molecular flexibility index (Phi) is 14.5. The van der Waals surface area contributed by atoms with Crippen molar-refractivity contribution in [1.29, 1.82) is 0 Å². The van der Waals surface area contributed by atoms with E-state index in [1.807, 2.05) is 6.07 Å². The maximum absolute atomic E-state index is 14.1. The quantitative estimate of drug-likeness (QED) is 0.0725. The van der Waals surface area contributed by atoms with E-state index >= 15 is 0 Å². The maximum Gasteiger partial charge on any atom is 0.264 e. The molecule has 1 saturated heterocycles. The largest absolute Gasteiger partial charge is 0.388 e. The highest BCUT2D eigenvalue weighted by atomic mass is 19.3. The van der Waals surface area contributed by atoms with Crippen molar-refractivity contribution in [2.75, 3.05) is 44.8 Å². The Balaban J connectivity index is 2.05. The summed E-state index contributed by atoms with van der Waals surface area (Å²) >= 11 is 0. The maximum atomic E-state index is 14.1. The molecule has 1 aromatic carbocycles. The molecule has 37 heavy (non-hydrogen) atoms. The number of hydrogen-bond acceptors (Lipinski definition) is 8. The van der Waals surface area contributed by atoms with E-state index in [1.165, 1.54) is 0 Å². The Bertz CT molecular complexity index is 848. The van der Waals surface area contributed by atoms with Crippen molar-refractivity contribution in [3.63, 3.8) is 0 Å². The van der Waals surface area contributed by atoms with Gasteiger partial charge in [-0.1, -0.05) is 19.9 Å². The second kappa shape index (κ2) is 17.3. The van der Waals surface area contributed by atoms with E-state index in [0.717, 1.165) is 63.0 Å². The molecule has 0 spiro atoms. The zero-order chi connectivity index (χ0) is 27.0. The van der Waals surface area contributed by atoms with E-state index in [0.29, 0.717) is 42.6 Å². The number of ether oxygens (including phenoxy) is 1. The van der Waals surface area contributed by atoms with Gasteiger partial charge in [0.25, 0.3) is 6.43 Å². The zero-order valence-electron chi connectivity index (χ0n) is 22.3. The standard InChI is InChI=1S/C27H45F2N5O3/c1-4-5-6-21-13-24(22(15-30)17-32-16-20(3)37-35)25(27(28)29)14-26(21)33-18-31-10-7-19(2)34-23-8-11-36-12-9-23/h13-14,17,20,23,27,31-35H,2,4-12,15-16,18,30H2,1,3H3/b22-17+. The normalized spacial score (nSPS) is 15.6. The SMILES string of the molecule is C=C(CCNCNc1cc(C(F)F)c(/C(=C/NCC(C)OO)CN)cc1CCCC)NC1CCOCC1. The summed E-state index contributed by atoms with van der Waals surface area (Å²) in [4.78, 5) is 4.24. The van der Waals surface area contributed by atoms with Crippen LogP contribution in [0.25, 0.3) is 5.57 Å². The smallest absolute Gasteiger partial charge is 0.264 e. The number of benzene rings is 1. The fraction of sp³-hybridized carbons (Fsp3) is 0.630. The molecule has 0 bridgehead atoms. The molecule has 0 aromatic heterocycles. The van der Waals surface area contributed by atoms with Crippen LogP contribution in [0.5, 0.6) is 0 Å². The second-order valence-electron chi connectivity index (χ2n) is 9.44. The molecule has 0 aliphatic carbocycles. The van der Waals surface area contributed by atoms with Crippen molar-refractivity contribution in [2.45, 2.75) is 70.9 Å². The van der Waals surface area contributed by atoms with Crippen molar-refractivity contribution in [1.82, 2.24) is 16.0 Å². The van der Waals surface area contributed by atoms with Gasteiger partial charge in [-0.15, -0.1) is 0 Å². The Morgan fingerprint density at radius 2 is 2.08 bits per heavy atom. The lowest BCUT2D eigenvalue weighted by molar-refractivity contribution is -0.271. The van der Waals surface area contributed by atoms with E-state index in [4.69, 9.17) is 15.7 Å². The predicted molar refractivity (Wildman–Crippen MR) is 145 cm³/mol. The fourth-order valence-electron chi connectivity index (χ4n) is 4.18. The summed E-state index contributed by atoms with van der Waals surface area (Å²) < 4.78 is 33.6. The Morgan fingerprint density at radius 1 is 1.32 bits per heavy atom. The number of alkyl halides is 2. The monoisotopic (exact) mass is 525 g/mol. The van der Waals surface area contributed by atoms with Crippen molar-refractivity contribution in [3.05, 3.63) is 47.3 Å². The van der Waals surface area contributed by atoms with Gasteiger partial charge in [-0.25, -0.2) is 13.7 Å². The summed E-state index contributed by atoms with van der Waals surface area (Å²) in [5.41, 5.74) is 9.52. The summed E-state index contributed by atoms with van der Waals surface area (Å²) in [5, 5.41) is 21.8. The number of anilines is 1. The number of halogens is 2. The van der Waals surface area contributed by atoms with Gasteiger partial charge in [-0.3, -0.25) is 10.6 Å². The molecule has 210 valence electrons. The number of unbranched alkanes of at least 4 members (excludes halogenated alkanes) is 1. The number of nitrogens with one attached hydrogen (secondary N) is 4. The van der Waals surface area contributed by atoms with Crippen LogP contribution < -0.4 is 27.0 Å². The van der Waals surface area contributed by atoms with Crippen LogP contribution in [0.15, 0.2) is 30.6 Å². The predicted octanol–water partition coefficient (Wildman–Crippen LogP) is 4.37. The first-order valence-corrected chi connectivity index (χ1v) is 13.2. The zero-order valence-corrected chi connectivity index (χ0v) is 22.3. The number of nitrogens with two attached hydrogens (primary N) is 1. The summed E-state index contributed by atoms with van der Waals surface area (Å²) in [6.07, 6.45) is 3.98. The van der Waals surface area contributed by atoms with E-state index in [9.17, 15) is 8.78 Å². The highest BCUT2D eigenvalue weighted by Gasteiger charge is 2.19. The van der Waals surface area contributed by atoms with Gasteiger partial charge in [0.15, 0.2) is 0 Å². The molecule has 1 heterocycles. The van der Waals surface area contributed by atoms with Crippen LogP contribution in [0.4, 0.5) is 14.5 Å². The third-order valence-corrected chi connectivity index (χ3v) is 6.37. The van der Waals surface area contributed by atoms with Crippen LogP contribution in [-0.4, -0.2) is 56.9 Å². The highest BCUT2D eigenvalue weighted by molar-refractivity contribution is 5.73. The summed E-state index contributed by atoms with van der Waals surface area (Å²) in [6, 6.07) is 3.79. The molecule has 0 amide bonds. The Labute approximate surface area is 220 Å². The minimum absolute atomic E-state index is 0.0678. The van der Waals surface area contributed by atoms with Gasteiger partial charge >= 0.3 is 0 Å². The van der Waals surface area contributed by atoms with Crippen molar-refractivity contribution < 1.29 is 23.7 Å².